The molecule has 1 aliphatic rings. The normalized spacial score (nSPS) is 17.8. The van der Waals surface area contributed by atoms with Crippen molar-refractivity contribution in [3.8, 4) is 0 Å². The van der Waals surface area contributed by atoms with E-state index in [9.17, 15) is 9.18 Å². The van der Waals surface area contributed by atoms with Crippen LogP contribution in [-0.4, -0.2) is 32.1 Å². The maximum absolute atomic E-state index is 14.3. The van der Waals surface area contributed by atoms with Crippen molar-refractivity contribution >= 4 is 28.3 Å². The van der Waals surface area contributed by atoms with Gasteiger partial charge in [0.1, 0.15) is 10.8 Å². The van der Waals surface area contributed by atoms with Crippen molar-refractivity contribution in [2.75, 3.05) is 6.61 Å². The number of carbonyl (C=O) groups is 1. The van der Waals surface area contributed by atoms with Crippen LogP contribution in [0.15, 0.2) is 30.6 Å². The number of nitrogens with zero attached hydrogens (tertiary/aromatic N) is 4. The number of ether oxygens (including phenoxy) is 1. The molecule has 0 saturated carbocycles. The molecule has 3 heterocycles. The fourth-order valence-corrected chi connectivity index (χ4v) is 3.06. The molecule has 0 radical (unpaired) electrons. The van der Waals surface area contributed by atoms with Gasteiger partial charge in [-0.1, -0.05) is 11.6 Å². The Bertz CT molecular complexity index is 936. The number of halogens is 2. The number of carbonyl (C=O) groups excluding carboxylic acids is 1. The van der Waals surface area contributed by atoms with Crippen LogP contribution in [0.3, 0.4) is 0 Å². The lowest BCUT2D eigenvalue weighted by Crippen LogP contribution is -2.19. The Morgan fingerprint density at radius 2 is 2.16 bits per heavy atom. The monoisotopic (exact) mass is 360 g/mol. The predicted octanol–water partition coefficient (Wildman–Crippen LogP) is 3.55. The minimum Gasteiger partial charge on any atom is -0.356 e. The molecule has 0 aliphatic carbocycles. The summed E-state index contributed by atoms with van der Waals surface area (Å²) in [4.78, 5) is 20.3. The van der Waals surface area contributed by atoms with Crippen LogP contribution >= 0.6 is 11.6 Å². The number of benzene rings is 1. The third-order valence-electron chi connectivity index (χ3n) is 4.20. The molecule has 0 spiro atoms. The van der Waals surface area contributed by atoms with E-state index >= 15 is 0 Å². The highest BCUT2D eigenvalue weighted by atomic mass is 35.5. The van der Waals surface area contributed by atoms with E-state index in [4.69, 9.17) is 16.3 Å². The van der Waals surface area contributed by atoms with Gasteiger partial charge in [-0.2, -0.15) is 4.39 Å². The lowest BCUT2D eigenvalue weighted by molar-refractivity contribution is -0.0375. The van der Waals surface area contributed by atoms with Crippen molar-refractivity contribution in [1.82, 2.24) is 19.7 Å². The first-order valence-electron chi connectivity index (χ1n) is 7.95. The van der Waals surface area contributed by atoms with Crippen molar-refractivity contribution in [3.63, 3.8) is 0 Å². The standard InChI is InChI=1S/C17H14ClFN4O2/c18-14-9-20-12(8-21-14)16(24)10-4-5-13-11(7-10)17(19)22-23(13)15-3-1-2-6-25-15/h4-5,7-9,15H,1-3,6H2. The zero-order valence-corrected chi connectivity index (χ0v) is 13.9. The van der Waals surface area contributed by atoms with Gasteiger partial charge in [0, 0.05) is 12.2 Å². The minimum absolute atomic E-state index is 0.146. The first-order valence-corrected chi connectivity index (χ1v) is 8.33. The molecular weight excluding hydrogens is 347 g/mol. The Balaban J connectivity index is 1.72. The van der Waals surface area contributed by atoms with Crippen LogP contribution in [0.25, 0.3) is 10.9 Å². The minimum atomic E-state index is -0.624. The van der Waals surface area contributed by atoms with Crippen molar-refractivity contribution < 1.29 is 13.9 Å². The molecule has 1 saturated heterocycles. The van der Waals surface area contributed by atoms with Gasteiger partial charge >= 0.3 is 0 Å². The van der Waals surface area contributed by atoms with Crippen molar-refractivity contribution in [2.45, 2.75) is 25.5 Å². The molecule has 25 heavy (non-hydrogen) atoms. The third kappa shape index (κ3) is 3.01. The van der Waals surface area contributed by atoms with Gasteiger partial charge in [-0.05, 0) is 37.5 Å². The number of rotatable bonds is 3. The summed E-state index contributed by atoms with van der Waals surface area (Å²) < 4.78 is 21.6. The zero-order valence-electron chi connectivity index (χ0n) is 13.2. The molecule has 1 aromatic carbocycles. The Morgan fingerprint density at radius 1 is 1.28 bits per heavy atom. The summed E-state index contributed by atoms with van der Waals surface area (Å²) in [6.45, 7) is 0.638. The average molecular weight is 361 g/mol. The smallest absolute Gasteiger partial charge is 0.240 e. The second-order valence-corrected chi connectivity index (χ2v) is 6.23. The maximum atomic E-state index is 14.3. The molecule has 3 aromatic rings. The van der Waals surface area contributed by atoms with Crippen LogP contribution in [0.1, 0.15) is 41.5 Å². The number of hydrogen-bond acceptors (Lipinski definition) is 5. The molecule has 6 nitrogen and oxygen atoms in total. The Hall–Kier alpha value is -2.38. The number of hydrogen-bond donors (Lipinski definition) is 0. The molecule has 1 atom stereocenters. The first kappa shape index (κ1) is 16.1. The summed E-state index contributed by atoms with van der Waals surface area (Å²) >= 11 is 5.68. The quantitative estimate of drug-likeness (QED) is 0.668. The molecular formula is C17H14ClFN4O2. The largest absolute Gasteiger partial charge is 0.356 e. The molecule has 1 unspecified atom stereocenters. The van der Waals surface area contributed by atoms with E-state index in [0.717, 1.165) is 19.3 Å². The van der Waals surface area contributed by atoms with Crippen LogP contribution in [0, 0.1) is 5.95 Å². The van der Waals surface area contributed by atoms with Gasteiger partial charge in [-0.15, -0.1) is 5.10 Å². The van der Waals surface area contributed by atoms with Crippen LogP contribution in [0.5, 0.6) is 0 Å². The molecule has 8 heteroatoms. The lowest BCUT2D eigenvalue weighted by Gasteiger charge is -2.23. The van der Waals surface area contributed by atoms with E-state index in [-0.39, 0.29) is 28.2 Å². The van der Waals surface area contributed by atoms with E-state index in [2.05, 4.69) is 15.1 Å². The predicted molar refractivity (Wildman–Crippen MR) is 89.0 cm³/mol. The molecule has 2 aromatic heterocycles. The van der Waals surface area contributed by atoms with Crippen LogP contribution in [0.4, 0.5) is 4.39 Å². The van der Waals surface area contributed by atoms with E-state index in [1.165, 1.54) is 18.5 Å². The summed E-state index contributed by atoms with van der Waals surface area (Å²) in [7, 11) is 0. The zero-order chi connectivity index (χ0) is 17.4. The summed E-state index contributed by atoms with van der Waals surface area (Å²) in [5.74, 6) is -0.979. The van der Waals surface area contributed by atoms with Crippen LogP contribution in [0.2, 0.25) is 5.15 Å². The average Bonchev–Trinajstić information content (AvgIpc) is 2.99. The SMILES string of the molecule is O=C(c1ccc2c(c1)c(F)nn2C1CCCCO1)c1cnc(Cl)cn1. The fraction of sp³-hybridized carbons (Fsp3) is 0.294. The summed E-state index contributed by atoms with van der Waals surface area (Å²) in [6, 6.07) is 4.79. The maximum Gasteiger partial charge on any atom is 0.240 e. The van der Waals surface area contributed by atoms with Gasteiger partial charge in [0.05, 0.1) is 23.3 Å². The van der Waals surface area contributed by atoms with Gasteiger partial charge in [0.2, 0.25) is 11.7 Å². The van der Waals surface area contributed by atoms with Crippen molar-refractivity contribution in [2.24, 2.45) is 0 Å². The molecule has 0 bridgehead atoms. The molecule has 0 amide bonds. The number of fused-ring (bicyclic) bond motifs is 1. The summed E-state index contributed by atoms with van der Waals surface area (Å²) in [5, 5.41) is 4.45. The van der Waals surface area contributed by atoms with Gasteiger partial charge in [-0.25, -0.2) is 14.6 Å². The van der Waals surface area contributed by atoms with Crippen molar-refractivity contribution in [1.29, 1.82) is 0 Å². The van der Waals surface area contributed by atoms with E-state index in [1.807, 2.05) is 0 Å². The lowest BCUT2D eigenvalue weighted by atomic mass is 10.1. The van der Waals surface area contributed by atoms with Gasteiger partial charge in [0.15, 0.2) is 6.23 Å². The fourth-order valence-electron chi connectivity index (χ4n) is 2.96. The first-order chi connectivity index (χ1) is 12.1. The van der Waals surface area contributed by atoms with E-state index in [0.29, 0.717) is 17.7 Å². The van der Waals surface area contributed by atoms with Gasteiger partial charge in [-0.3, -0.25) is 4.79 Å². The molecule has 4 rings (SSSR count). The highest BCUT2D eigenvalue weighted by molar-refractivity contribution is 6.29. The summed E-state index contributed by atoms with van der Waals surface area (Å²) in [6.07, 6.45) is 5.12. The molecule has 0 N–H and O–H groups in total. The highest BCUT2D eigenvalue weighted by Gasteiger charge is 2.22. The summed E-state index contributed by atoms with van der Waals surface area (Å²) in [5.41, 5.74) is 1.06. The second-order valence-electron chi connectivity index (χ2n) is 5.84. The second kappa shape index (κ2) is 6.50. The Labute approximate surface area is 147 Å². The Morgan fingerprint density at radius 3 is 2.88 bits per heavy atom. The van der Waals surface area contributed by atoms with Gasteiger partial charge in [0.25, 0.3) is 0 Å². The molecule has 128 valence electrons. The highest BCUT2D eigenvalue weighted by Crippen LogP contribution is 2.28. The van der Waals surface area contributed by atoms with Crippen LogP contribution < -0.4 is 0 Å². The third-order valence-corrected chi connectivity index (χ3v) is 4.40. The molecule has 1 aliphatic heterocycles. The van der Waals surface area contributed by atoms with E-state index < -0.39 is 5.95 Å². The number of aromatic nitrogens is 4. The van der Waals surface area contributed by atoms with Gasteiger partial charge < -0.3 is 4.74 Å². The Kier molecular flexibility index (Phi) is 4.19. The topological polar surface area (TPSA) is 69.9 Å². The van der Waals surface area contributed by atoms with E-state index in [1.54, 1.807) is 16.8 Å². The number of ketones is 1. The van der Waals surface area contributed by atoms with Crippen LogP contribution in [-0.2, 0) is 4.74 Å². The van der Waals surface area contributed by atoms with Crippen molar-refractivity contribution in [3.05, 3.63) is 53.0 Å². The molecule has 1 fully saturated rings.